The fourth-order valence-corrected chi connectivity index (χ4v) is 4.24. The summed E-state index contributed by atoms with van der Waals surface area (Å²) in [6.07, 6.45) is -3.59. The summed E-state index contributed by atoms with van der Waals surface area (Å²) in [5, 5.41) is 23.0. The van der Waals surface area contributed by atoms with E-state index in [0.29, 0.717) is 6.07 Å². The van der Waals surface area contributed by atoms with Crippen molar-refractivity contribution in [2.75, 3.05) is 13.2 Å². The van der Waals surface area contributed by atoms with E-state index in [9.17, 15) is 23.8 Å². The van der Waals surface area contributed by atoms with Crippen LogP contribution >= 0.6 is 0 Å². The maximum absolute atomic E-state index is 14.0. The van der Waals surface area contributed by atoms with E-state index in [1.165, 1.54) is 6.92 Å². The summed E-state index contributed by atoms with van der Waals surface area (Å²) in [6, 6.07) is 17.8. The number of ether oxygens (including phenoxy) is 1. The minimum atomic E-state index is -1.55. The zero-order valence-electron chi connectivity index (χ0n) is 18.1. The molecule has 0 aliphatic heterocycles. The molecule has 3 aromatic carbocycles. The van der Waals surface area contributed by atoms with E-state index < -0.39 is 29.9 Å². The van der Waals surface area contributed by atoms with Gasteiger partial charge in [-0.3, -0.25) is 0 Å². The van der Waals surface area contributed by atoms with Crippen LogP contribution in [0.5, 0.6) is 0 Å². The van der Waals surface area contributed by atoms with Crippen LogP contribution in [0.1, 0.15) is 40.7 Å². The van der Waals surface area contributed by atoms with Crippen molar-refractivity contribution in [1.29, 1.82) is 0 Å². The summed E-state index contributed by atoms with van der Waals surface area (Å²) in [6.45, 7) is 1.61. The average Bonchev–Trinajstić information content (AvgIpc) is 3.13. The van der Waals surface area contributed by atoms with E-state index in [4.69, 9.17) is 4.74 Å². The number of aryl methyl sites for hydroxylation is 1. The minimum Gasteiger partial charge on any atom is -0.449 e. The quantitative estimate of drug-likeness (QED) is 0.489. The average molecular weight is 453 g/mol. The zero-order valence-corrected chi connectivity index (χ0v) is 18.1. The SMILES string of the molecule is Cc1cc(C(O)C(O)CCNC(=O)OCC2c3ccccc3-c3ccccc32)c(F)cc1F. The molecule has 3 aromatic rings. The Hall–Kier alpha value is -3.29. The van der Waals surface area contributed by atoms with Crippen LogP contribution < -0.4 is 5.32 Å². The number of fused-ring (bicyclic) bond motifs is 3. The summed E-state index contributed by atoms with van der Waals surface area (Å²) >= 11 is 0. The number of carbonyl (C=O) groups is 1. The maximum Gasteiger partial charge on any atom is 0.407 e. The lowest BCUT2D eigenvalue weighted by atomic mass is 9.98. The van der Waals surface area contributed by atoms with Gasteiger partial charge in [0.05, 0.1) is 6.10 Å². The lowest BCUT2D eigenvalue weighted by Crippen LogP contribution is -2.31. The summed E-state index contributed by atoms with van der Waals surface area (Å²) in [5.74, 6) is -1.73. The van der Waals surface area contributed by atoms with E-state index in [-0.39, 0.29) is 36.6 Å². The number of aliphatic hydroxyl groups is 2. The molecule has 7 heteroatoms. The van der Waals surface area contributed by atoms with Crippen molar-refractivity contribution in [3.63, 3.8) is 0 Å². The number of rotatable bonds is 7. The van der Waals surface area contributed by atoms with Gasteiger partial charge in [0.2, 0.25) is 0 Å². The predicted octanol–water partition coefficient (Wildman–Crippen LogP) is 4.60. The largest absolute Gasteiger partial charge is 0.449 e. The fraction of sp³-hybridized carbons (Fsp3) is 0.269. The third-order valence-electron chi connectivity index (χ3n) is 6.01. The second kappa shape index (κ2) is 9.68. The number of hydrogen-bond donors (Lipinski definition) is 3. The third-order valence-corrected chi connectivity index (χ3v) is 6.01. The van der Waals surface area contributed by atoms with Crippen LogP contribution in [-0.2, 0) is 4.74 Å². The van der Waals surface area contributed by atoms with Crippen molar-refractivity contribution in [3.05, 3.63) is 94.6 Å². The van der Waals surface area contributed by atoms with Crippen molar-refractivity contribution < 1.29 is 28.5 Å². The van der Waals surface area contributed by atoms with Crippen molar-refractivity contribution in [3.8, 4) is 11.1 Å². The second-order valence-corrected chi connectivity index (χ2v) is 8.18. The number of benzene rings is 3. The van der Waals surface area contributed by atoms with Crippen molar-refractivity contribution in [1.82, 2.24) is 5.32 Å². The standard InChI is InChI=1S/C26H25F2NO4/c1-15-12-20(23(28)13-22(15)27)25(31)24(30)10-11-29-26(32)33-14-21-18-8-4-2-6-16(18)17-7-3-5-9-19(17)21/h2-9,12-13,21,24-25,30-31H,10-11,14H2,1H3,(H,29,32). The summed E-state index contributed by atoms with van der Waals surface area (Å²) < 4.78 is 32.8. The van der Waals surface area contributed by atoms with Gasteiger partial charge in [0, 0.05) is 24.1 Å². The maximum atomic E-state index is 14.0. The van der Waals surface area contributed by atoms with Crippen LogP contribution in [0.2, 0.25) is 0 Å². The first kappa shape index (κ1) is 22.9. The van der Waals surface area contributed by atoms with Gasteiger partial charge in [0.1, 0.15) is 24.3 Å². The summed E-state index contributed by atoms with van der Waals surface area (Å²) in [5.41, 5.74) is 4.42. The molecular formula is C26H25F2NO4. The lowest BCUT2D eigenvalue weighted by Gasteiger charge is -2.20. The molecule has 1 aliphatic carbocycles. The van der Waals surface area contributed by atoms with E-state index in [1.807, 2.05) is 48.5 Å². The number of amides is 1. The first-order valence-electron chi connectivity index (χ1n) is 10.8. The number of alkyl carbamates (subject to hydrolysis) is 1. The van der Waals surface area contributed by atoms with Gasteiger partial charge in [-0.05, 0) is 47.2 Å². The molecule has 0 bridgehead atoms. The number of halogens is 2. The molecule has 2 atom stereocenters. The topological polar surface area (TPSA) is 78.8 Å². The third kappa shape index (κ3) is 4.74. The molecule has 4 rings (SSSR count). The number of carbonyl (C=O) groups excluding carboxylic acids is 1. The Kier molecular flexibility index (Phi) is 6.72. The van der Waals surface area contributed by atoms with Crippen molar-refractivity contribution >= 4 is 6.09 Å². The molecule has 0 saturated heterocycles. The Labute approximate surface area is 190 Å². The smallest absolute Gasteiger partial charge is 0.407 e. The van der Waals surface area contributed by atoms with Gasteiger partial charge in [-0.25, -0.2) is 13.6 Å². The Balaban J connectivity index is 1.30. The second-order valence-electron chi connectivity index (χ2n) is 8.18. The number of nitrogens with one attached hydrogen (secondary N) is 1. The molecule has 172 valence electrons. The van der Waals surface area contributed by atoms with Gasteiger partial charge in [-0.2, -0.15) is 0 Å². The molecule has 0 heterocycles. The molecule has 0 aromatic heterocycles. The molecule has 5 nitrogen and oxygen atoms in total. The zero-order chi connectivity index (χ0) is 23.5. The highest BCUT2D eigenvalue weighted by Gasteiger charge is 2.29. The molecule has 33 heavy (non-hydrogen) atoms. The molecular weight excluding hydrogens is 428 g/mol. The Morgan fingerprint density at radius 2 is 1.61 bits per heavy atom. The number of hydrogen-bond acceptors (Lipinski definition) is 4. The first-order chi connectivity index (χ1) is 15.9. The predicted molar refractivity (Wildman–Crippen MR) is 120 cm³/mol. The molecule has 2 unspecified atom stereocenters. The lowest BCUT2D eigenvalue weighted by molar-refractivity contribution is 0.0115. The van der Waals surface area contributed by atoms with Crippen LogP contribution in [-0.4, -0.2) is 35.6 Å². The van der Waals surface area contributed by atoms with E-state index in [1.54, 1.807) is 0 Å². The van der Waals surface area contributed by atoms with E-state index in [0.717, 1.165) is 28.3 Å². The molecule has 0 radical (unpaired) electrons. The Bertz CT molecular complexity index is 1120. The normalized spacial score (nSPS) is 14.3. The van der Waals surface area contributed by atoms with Crippen molar-refractivity contribution in [2.45, 2.75) is 31.5 Å². The van der Waals surface area contributed by atoms with Gasteiger partial charge in [0.15, 0.2) is 0 Å². The van der Waals surface area contributed by atoms with Crippen LogP contribution in [0.3, 0.4) is 0 Å². The number of aliphatic hydroxyl groups excluding tert-OH is 2. The van der Waals surface area contributed by atoms with Gasteiger partial charge in [0.25, 0.3) is 0 Å². The highest BCUT2D eigenvalue weighted by molar-refractivity contribution is 5.79. The van der Waals surface area contributed by atoms with Crippen molar-refractivity contribution in [2.24, 2.45) is 0 Å². The highest BCUT2D eigenvalue weighted by atomic mass is 19.1. The van der Waals surface area contributed by atoms with Crippen LogP contribution in [0.25, 0.3) is 11.1 Å². The molecule has 0 fully saturated rings. The monoisotopic (exact) mass is 453 g/mol. The van der Waals surface area contributed by atoms with Gasteiger partial charge in [-0.15, -0.1) is 0 Å². The fourth-order valence-electron chi connectivity index (χ4n) is 4.24. The first-order valence-corrected chi connectivity index (χ1v) is 10.8. The molecule has 0 saturated carbocycles. The van der Waals surface area contributed by atoms with E-state index in [2.05, 4.69) is 5.32 Å². The van der Waals surface area contributed by atoms with Crippen LogP contribution in [0.15, 0.2) is 60.7 Å². The molecule has 1 aliphatic rings. The summed E-state index contributed by atoms with van der Waals surface area (Å²) in [7, 11) is 0. The molecule has 0 spiro atoms. The summed E-state index contributed by atoms with van der Waals surface area (Å²) in [4.78, 5) is 12.2. The van der Waals surface area contributed by atoms with Gasteiger partial charge in [-0.1, -0.05) is 48.5 Å². The van der Waals surface area contributed by atoms with E-state index >= 15 is 0 Å². The highest BCUT2D eigenvalue weighted by Crippen LogP contribution is 2.44. The molecule has 1 amide bonds. The van der Waals surface area contributed by atoms with Crippen LogP contribution in [0.4, 0.5) is 13.6 Å². The Morgan fingerprint density at radius 1 is 1.00 bits per heavy atom. The van der Waals surface area contributed by atoms with Crippen LogP contribution in [0, 0.1) is 18.6 Å². The van der Waals surface area contributed by atoms with Gasteiger partial charge < -0.3 is 20.3 Å². The van der Waals surface area contributed by atoms with Gasteiger partial charge >= 0.3 is 6.09 Å². The Morgan fingerprint density at radius 3 is 2.24 bits per heavy atom. The molecule has 3 N–H and O–H groups in total. The minimum absolute atomic E-state index is 0.0106.